The van der Waals surface area contributed by atoms with Gasteiger partial charge in [-0.1, -0.05) is 11.2 Å². The van der Waals surface area contributed by atoms with E-state index in [-0.39, 0.29) is 24.1 Å². The summed E-state index contributed by atoms with van der Waals surface area (Å²) in [6.45, 7) is 1.79. The predicted octanol–water partition coefficient (Wildman–Crippen LogP) is 1.52. The lowest BCUT2D eigenvalue weighted by Gasteiger charge is -2.02. The maximum Gasteiger partial charge on any atom is 0.442 e. The number of hydrogen-bond acceptors (Lipinski definition) is 7. The molecule has 0 aliphatic rings. The Balaban J connectivity index is 1.73. The van der Waals surface area contributed by atoms with Gasteiger partial charge in [-0.25, -0.2) is 9.36 Å². The van der Waals surface area contributed by atoms with Crippen LogP contribution in [0.5, 0.6) is 0 Å². The van der Waals surface area contributed by atoms with Gasteiger partial charge in [-0.05, 0) is 30.7 Å². The van der Waals surface area contributed by atoms with E-state index < -0.39 is 5.76 Å². The van der Waals surface area contributed by atoms with Crippen LogP contribution < -0.4 is 11.1 Å². The van der Waals surface area contributed by atoms with Crippen molar-refractivity contribution in [2.24, 2.45) is 0 Å². The molecule has 3 aromatic heterocycles. The molecule has 0 saturated heterocycles. The van der Waals surface area contributed by atoms with Gasteiger partial charge in [0.15, 0.2) is 5.78 Å². The molecule has 0 unspecified atom stereocenters. The number of thiophene rings is 1. The number of rotatable bonds is 7. The van der Waals surface area contributed by atoms with Crippen molar-refractivity contribution in [1.82, 2.24) is 20.0 Å². The molecule has 0 aliphatic heterocycles. The highest BCUT2D eigenvalue weighted by molar-refractivity contribution is 7.14. The first-order chi connectivity index (χ1) is 12.5. The topological polar surface area (TPSA) is 107 Å². The van der Waals surface area contributed by atoms with E-state index in [1.807, 2.05) is 6.07 Å². The van der Waals surface area contributed by atoms with Crippen LogP contribution in [0.2, 0.25) is 0 Å². The van der Waals surface area contributed by atoms with Crippen LogP contribution in [-0.2, 0) is 17.8 Å². The summed E-state index contributed by atoms with van der Waals surface area (Å²) < 4.78 is 5.86. The number of nitrogens with one attached hydrogen (secondary N) is 1. The number of Topliss-reactive ketones (excluding diaryl/α,β-unsaturated/α-hetero) is 1. The SMILES string of the molecule is CC(=O)NCCc1ccc(C(=O)Cn2c(-c3ccccn3)noc2=O)s1. The minimum absolute atomic E-state index is 0.0910. The van der Waals surface area contributed by atoms with Crippen molar-refractivity contribution >= 4 is 23.0 Å². The molecule has 0 atom stereocenters. The number of aromatic nitrogens is 3. The lowest BCUT2D eigenvalue weighted by Crippen LogP contribution is -2.22. The van der Waals surface area contributed by atoms with E-state index in [0.717, 1.165) is 4.88 Å². The van der Waals surface area contributed by atoms with E-state index in [1.54, 1.807) is 30.5 Å². The molecule has 1 amide bonds. The van der Waals surface area contributed by atoms with Gasteiger partial charge in [-0.3, -0.25) is 19.1 Å². The van der Waals surface area contributed by atoms with Gasteiger partial charge < -0.3 is 5.32 Å². The van der Waals surface area contributed by atoms with E-state index in [4.69, 9.17) is 4.52 Å². The summed E-state index contributed by atoms with van der Waals surface area (Å²) in [4.78, 5) is 41.0. The summed E-state index contributed by atoms with van der Waals surface area (Å²) in [6, 6.07) is 8.74. The van der Waals surface area contributed by atoms with Crippen molar-refractivity contribution in [2.75, 3.05) is 6.54 Å². The Labute approximate surface area is 152 Å². The van der Waals surface area contributed by atoms with E-state index in [2.05, 4.69) is 15.5 Å². The summed E-state index contributed by atoms with van der Waals surface area (Å²) in [5.41, 5.74) is 0.452. The summed E-state index contributed by atoms with van der Waals surface area (Å²) >= 11 is 1.34. The third-order valence-electron chi connectivity index (χ3n) is 3.56. The quantitative estimate of drug-likeness (QED) is 0.630. The Kier molecular flexibility index (Phi) is 5.37. The zero-order chi connectivity index (χ0) is 18.5. The first kappa shape index (κ1) is 17.7. The highest BCUT2D eigenvalue weighted by atomic mass is 32.1. The molecule has 0 saturated carbocycles. The number of amides is 1. The number of pyridine rings is 1. The molecule has 0 aromatic carbocycles. The molecule has 134 valence electrons. The van der Waals surface area contributed by atoms with E-state index in [1.165, 1.54) is 22.8 Å². The Hall–Kier alpha value is -3.07. The van der Waals surface area contributed by atoms with Gasteiger partial charge in [0.2, 0.25) is 11.7 Å². The molecule has 0 fully saturated rings. The lowest BCUT2D eigenvalue weighted by atomic mass is 10.3. The Morgan fingerprint density at radius 3 is 2.85 bits per heavy atom. The fraction of sp³-hybridized carbons (Fsp3) is 0.235. The third kappa shape index (κ3) is 4.12. The van der Waals surface area contributed by atoms with Crippen molar-refractivity contribution in [1.29, 1.82) is 0 Å². The number of ketones is 1. The van der Waals surface area contributed by atoms with E-state index >= 15 is 0 Å². The van der Waals surface area contributed by atoms with Crippen LogP contribution in [0.25, 0.3) is 11.5 Å². The Bertz CT molecular complexity index is 974. The Morgan fingerprint density at radius 1 is 1.27 bits per heavy atom. The zero-order valence-corrected chi connectivity index (χ0v) is 14.8. The molecule has 0 radical (unpaired) electrons. The fourth-order valence-electron chi connectivity index (χ4n) is 2.33. The van der Waals surface area contributed by atoms with Gasteiger partial charge in [-0.15, -0.1) is 11.3 Å². The first-order valence-electron chi connectivity index (χ1n) is 7.89. The average Bonchev–Trinajstić information content (AvgIpc) is 3.23. The second-order valence-electron chi connectivity index (χ2n) is 5.50. The Morgan fingerprint density at radius 2 is 2.12 bits per heavy atom. The van der Waals surface area contributed by atoms with Crippen molar-refractivity contribution in [2.45, 2.75) is 19.9 Å². The van der Waals surface area contributed by atoms with Gasteiger partial charge in [-0.2, -0.15) is 0 Å². The smallest absolute Gasteiger partial charge is 0.356 e. The standard InChI is InChI=1S/C17H16N4O4S/c1-11(22)18-9-7-12-5-6-15(26-12)14(23)10-21-16(20-25-17(21)24)13-4-2-3-8-19-13/h2-6,8H,7,9-10H2,1H3,(H,18,22). The molecule has 9 heteroatoms. The van der Waals surface area contributed by atoms with Crippen molar-refractivity contribution in [3.8, 4) is 11.5 Å². The van der Waals surface area contributed by atoms with Gasteiger partial charge in [0.1, 0.15) is 5.69 Å². The van der Waals surface area contributed by atoms with E-state index in [0.29, 0.717) is 23.5 Å². The molecule has 26 heavy (non-hydrogen) atoms. The molecule has 8 nitrogen and oxygen atoms in total. The van der Waals surface area contributed by atoms with Crippen molar-refractivity contribution in [3.05, 3.63) is 56.8 Å². The van der Waals surface area contributed by atoms with Gasteiger partial charge in [0.05, 0.1) is 11.4 Å². The van der Waals surface area contributed by atoms with Gasteiger partial charge in [0, 0.05) is 24.5 Å². The van der Waals surface area contributed by atoms with Crippen LogP contribution in [0.1, 0.15) is 21.5 Å². The van der Waals surface area contributed by atoms with Gasteiger partial charge >= 0.3 is 5.76 Å². The minimum atomic E-state index is -0.707. The van der Waals surface area contributed by atoms with Crippen LogP contribution in [0.4, 0.5) is 0 Å². The normalized spacial score (nSPS) is 10.7. The second kappa shape index (κ2) is 7.87. The van der Waals surface area contributed by atoms with Crippen LogP contribution in [0.3, 0.4) is 0 Å². The molecular weight excluding hydrogens is 356 g/mol. The molecule has 0 aliphatic carbocycles. The molecule has 3 heterocycles. The maximum absolute atomic E-state index is 12.5. The summed E-state index contributed by atoms with van der Waals surface area (Å²) in [5, 5.41) is 6.43. The number of carbonyl (C=O) groups excluding carboxylic acids is 2. The fourth-order valence-corrected chi connectivity index (χ4v) is 3.27. The first-order valence-corrected chi connectivity index (χ1v) is 8.70. The highest BCUT2D eigenvalue weighted by Crippen LogP contribution is 2.19. The van der Waals surface area contributed by atoms with Crippen LogP contribution in [0.15, 0.2) is 45.8 Å². The molecule has 0 bridgehead atoms. The molecular formula is C17H16N4O4S. The van der Waals surface area contributed by atoms with Crippen LogP contribution in [0, 0.1) is 0 Å². The highest BCUT2D eigenvalue weighted by Gasteiger charge is 2.18. The zero-order valence-electron chi connectivity index (χ0n) is 14.0. The predicted molar refractivity (Wildman–Crippen MR) is 95.0 cm³/mol. The van der Waals surface area contributed by atoms with Gasteiger partial charge in [0.25, 0.3) is 0 Å². The summed E-state index contributed by atoms with van der Waals surface area (Å²) in [7, 11) is 0. The molecule has 3 aromatic rings. The van der Waals surface area contributed by atoms with Crippen molar-refractivity contribution in [3.63, 3.8) is 0 Å². The lowest BCUT2D eigenvalue weighted by molar-refractivity contribution is -0.118. The van der Waals surface area contributed by atoms with Crippen LogP contribution >= 0.6 is 11.3 Å². The second-order valence-corrected chi connectivity index (χ2v) is 6.66. The largest absolute Gasteiger partial charge is 0.442 e. The van der Waals surface area contributed by atoms with E-state index in [9.17, 15) is 14.4 Å². The third-order valence-corrected chi connectivity index (χ3v) is 4.75. The number of carbonyl (C=O) groups is 2. The minimum Gasteiger partial charge on any atom is -0.356 e. The summed E-state index contributed by atoms with van der Waals surface area (Å²) in [5.74, 6) is -0.803. The number of nitrogens with zero attached hydrogens (tertiary/aromatic N) is 3. The van der Waals surface area contributed by atoms with Crippen molar-refractivity contribution < 1.29 is 14.1 Å². The summed E-state index contributed by atoms with van der Waals surface area (Å²) in [6.07, 6.45) is 2.21. The maximum atomic E-state index is 12.5. The number of hydrogen-bond donors (Lipinski definition) is 1. The molecule has 3 rings (SSSR count). The molecule has 1 N–H and O–H groups in total. The molecule has 0 spiro atoms. The average molecular weight is 372 g/mol. The monoisotopic (exact) mass is 372 g/mol. The van der Waals surface area contributed by atoms with Crippen LogP contribution in [-0.4, -0.2) is 32.9 Å².